The van der Waals surface area contributed by atoms with Crippen molar-refractivity contribution in [1.29, 1.82) is 0 Å². The fourth-order valence-electron chi connectivity index (χ4n) is 1.12. The van der Waals surface area contributed by atoms with Gasteiger partial charge in [0.2, 0.25) is 0 Å². The molecular weight excluding hydrogens is 202 g/mol. The summed E-state index contributed by atoms with van der Waals surface area (Å²) >= 11 is 0. The molecule has 0 amide bonds. The predicted molar refractivity (Wildman–Crippen MR) is 52.5 cm³/mol. The summed E-state index contributed by atoms with van der Waals surface area (Å²) in [4.78, 5) is -0.0906. The van der Waals surface area contributed by atoms with Crippen LogP contribution < -0.4 is 5.73 Å². The van der Waals surface area contributed by atoms with Gasteiger partial charge in [0, 0.05) is 6.54 Å². The third-order valence-corrected chi connectivity index (χ3v) is 2.73. The fraction of sp³-hybridized carbons (Fsp3) is 0.333. The van der Waals surface area contributed by atoms with Crippen molar-refractivity contribution in [3.8, 4) is 0 Å². The van der Waals surface area contributed by atoms with Gasteiger partial charge in [0.1, 0.15) is 0 Å². The van der Waals surface area contributed by atoms with E-state index in [2.05, 4.69) is 0 Å². The molecule has 0 bridgehead atoms. The molecule has 0 aliphatic rings. The van der Waals surface area contributed by atoms with Crippen molar-refractivity contribution in [1.82, 2.24) is 5.73 Å². The van der Waals surface area contributed by atoms with E-state index in [-0.39, 0.29) is 4.90 Å². The summed E-state index contributed by atoms with van der Waals surface area (Å²) in [5.41, 5.74) is 7.93. The van der Waals surface area contributed by atoms with Gasteiger partial charge in [-0.1, -0.05) is 12.1 Å². The molecule has 1 aromatic carbocycles. The maximum absolute atomic E-state index is 10.7. The maximum Gasteiger partial charge on any atom is 0.294 e. The summed E-state index contributed by atoms with van der Waals surface area (Å²) in [6.07, 6.45) is 1.51. The van der Waals surface area contributed by atoms with Gasteiger partial charge < -0.3 is 0 Å². The Morgan fingerprint density at radius 1 is 1.21 bits per heavy atom. The molecule has 0 saturated carbocycles. The van der Waals surface area contributed by atoms with E-state index in [1.807, 2.05) is 0 Å². The van der Waals surface area contributed by atoms with E-state index in [9.17, 15) is 8.42 Å². The molecule has 0 fully saturated rings. The Balaban J connectivity index is 2.79. The van der Waals surface area contributed by atoms with Crippen LogP contribution in [0.3, 0.4) is 0 Å². The van der Waals surface area contributed by atoms with Gasteiger partial charge in [0.25, 0.3) is 10.1 Å². The zero-order valence-corrected chi connectivity index (χ0v) is 8.42. The van der Waals surface area contributed by atoms with E-state index in [4.69, 9.17) is 10.3 Å². The van der Waals surface area contributed by atoms with Crippen LogP contribution >= 0.6 is 0 Å². The van der Waals surface area contributed by atoms with Gasteiger partial charge in [-0.25, -0.2) is 0 Å². The van der Waals surface area contributed by atoms with Gasteiger partial charge in [0.05, 0.1) is 4.90 Å². The number of nitrogens with one attached hydrogen (secondary N) is 1. The van der Waals surface area contributed by atoms with Crippen LogP contribution in [0.15, 0.2) is 29.2 Å². The molecule has 4 nitrogen and oxygen atoms in total. The van der Waals surface area contributed by atoms with Crippen LogP contribution in [0, 0.1) is 0 Å². The summed E-state index contributed by atoms with van der Waals surface area (Å²) in [5, 5.41) is 0. The largest absolute Gasteiger partial charge is 0.294 e. The number of rotatable bonds is 4. The number of hydrogen-bond donors (Lipinski definition) is 1. The van der Waals surface area contributed by atoms with Crippen molar-refractivity contribution < 1.29 is 13.0 Å². The van der Waals surface area contributed by atoms with E-state index in [0.29, 0.717) is 6.54 Å². The first-order chi connectivity index (χ1) is 6.54. The number of aryl methyl sites for hydroxylation is 1. The second-order valence-corrected chi connectivity index (χ2v) is 4.39. The average molecular weight is 214 g/mol. The molecule has 1 radical (unpaired) electrons. The number of benzene rings is 1. The Morgan fingerprint density at radius 2 is 1.79 bits per heavy atom. The van der Waals surface area contributed by atoms with E-state index < -0.39 is 10.1 Å². The molecule has 5 heteroatoms. The lowest BCUT2D eigenvalue weighted by Gasteiger charge is -2.00. The van der Waals surface area contributed by atoms with Gasteiger partial charge in [-0.2, -0.15) is 8.42 Å². The summed E-state index contributed by atoms with van der Waals surface area (Å²) in [5.74, 6) is 0. The minimum atomic E-state index is -4.08. The minimum Gasteiger partial charge on any atom is -0.282 e. The molecule has 0 aliphatic carbocycles. The van der Waals surface area contributed by atoms with Crippen molar-refractivity contribution in [2.45, 2.75) is 17.7 Å². The third-order valence-electron chi connectivity index (χ3n) is 1.86. The summed E-state index contributed by atoms with van der Waals surface area (Å²) in [7, 11) is -4.08. The Kier molecular flexibility index (Phi) is 3.62. The van der Waals surface area contributed by atoms with E-state index in [0.717, 1.165) is 18.4 Å². The first-order valence-corrected chi connectivity index (χ1v) is 5.69. The molecule has 0 saturated heterocycles. The molecule has 2 N–H and O–H groups in total. The smallest absolute Gasteiger partial charge is 0.282 e. The Labute approximate surface area is 83.5 Å². The van der Waals surface area contributed by atoms with Crippen molar-refractivity contribution in [2.24, 2.45) is 0 Å². The van der Waals surface area contributed by atoms with Crippen LogP contribution in [0.5, 0.6) is 0 Å². The molecule has 77 valence electrons. The fourth-order valence-corrected chi connectivity index (χ4v) is 1.60. The van der Waals surface area contributed by atoms with Crippen molar-refractivity contribution in [3.05, 3.63) is 29.8 Å². The quantitative estimate of drug-likeness (QED) is 0.763. The minimum absolute atomic E-state index is 0.0906. The van der Waals surface area contributed by atoms with Crippen LogP contribution in [0.2, 0.25) is 0 Å². The molecule has 0 atom stereocenters. The van der Waals surface area contributed by atoms with E-state index in [1.54, 1.807) is 12.1 Å². The lowest BCUT2D eigenvalue weighted by Crippen LogP contribution is -1.98. The van der Waals surface area contributed by atoms with E-state index >= 15 is 0 Å². The Hall–Kier alpha value is -0.910. The zero-order chi connectivity index (χ0) is 10.6. The highest BCUT2D eigenvalue weighted by molar-refractivity contribution is 7.85. The van der Waals surface area contributed by atoms with E-state index in [1.165, 1.54) is 12.1 Å². The van der Waals surface area contributed by atoms with Gasteiger partial charge in [0.15, 0.2) is 0 Å². The molecule has 0 unspecified atom stereocenters. The molecule has 0 aliphatic heterocycles. The molecular formula is C9H12NO3S. The highest BCUT2D eigenvalue weighted by Gasteiger charge is 2.07. The van der Waals surface area contributed by atoms with Crippen molar-refractivity contribution in [2.75, 3.05) is 6.54 Å². The summed E-state index contributed by atoms with van der Waals surface area (Å²) < 4.78 is 30.1. The second-order valence-electron chi connectivity index (χ2n) is 2.97. The van der Waals surface area contributed by atoms with Gasteiger partial charge >= 0.3 is 0 Å². The molecule has 0 spiro atoms. The van der Waals surface area contributed by atoms with Gasteiger partial charge in [-0.15, -0.1) is 0 Å². The highest BCUT2D eigenvalue weighted by atomic mass is 32.2. The summed E-state index contributed by atoms with van der Waals surface area (Å²) in [6, 6.07) is 6.04. The van der Waals surface area contributed by atoms with Crippen molar-refractivity contribution in [3.63, 3.8) is 0 Å². The lowest BCUT2D eigenvalue weighted by atomic mass is 10.1. The molecule has 1 aromatic rings. The van der Waals surface area contributed by atoms with Gasteiger partial charge in [-0.05, 0) is 30.5 Å². The molecule has 1 rings (SSSR count). The Morgan fingerprint density at radius 3 is 2.21 bits per heavy atom. The molecule has 14 heavy (non-hydrogen) atoms. The predicted octanol–water partition coefficient (Wildman–Crippen LogP) is 1.15. The van der Waals surface area contributed by atoms with Crippen LogP contribution in [-0.2, 0) is 16.5 Å². The first kappa shape index (κ1) is 11.2. The maximum atomic E-state index is 10.7. The van der Waals surface area contributed by atoms with Crippen LogP contribution in [0.25, 0.3) is 0 Å². The zero-order valence-electron chi connectivity index (χ0n) is 7.60. The number of hydrogen-bond acceptors (Lipinski definition) is 2. The average Bonchev–Trinajstić information content (AvgIpc) is 2.14. The molecule has 0 aromatic heterocycles. The third kappa shape index (κ3) is 3.10. The Bertz CT molecular complexity index is 383. The normalized spacial score (nSPS) is 11.6. The topological polar surface area (TPSA) is 78.2 Å². The molecule has 0 heterocycles. The van der Waals surface area contributed by atoms with Gasteiger partial charge in [-0.3, -0.25) is 10.3 Å². The van der Waals surface area contributed by atoms with Crippen molar-refractivity contribution >= 4 is 10.1 Å². The summed E-state index contributed by atoms with van der Waals surface area (Å²) in [6.45, 7) is 0.361. The SMILES string of the molecule is [NH]CCCc1ccc(S(=O)(=O)O)cc1. The lowest BCUT2D eigenvalue weighted by molar-refractivity contribution is 0.483. The monoisotopic (exact) mass is 214 g/mol. The first-order valence-electron chi connectivity index (χ1n) is 4.25. The van der Waals surface area contributed by atoms with Crippen LogP contribution in [0.1, 0.15) is 12.0 Å². The highest BCUT2D eigenvalue weighted by Crippen LogP contribution is 2.11. The second kappa shape index (κ2) is 4.54. The standard InChI is InChI=1S/C9H12NO3S/c10-7-1-2-8-3-5-9(6-4-8)14(11,12)13/h3-6,10H,1-2,7H2,(H,11,12,13). The van der Waals surface area contributed by atoms with Crippen LogP contribution in [-0.4, -0.2) is 19.5 Å². The van der Waals surface area contributed by atoms with Crippen LogP contribution in [0.4, 0.5) is 0 Å².